The Labute approximate surface area is 239 Å². The van der Waals surface area contributed by atoms with Crippen LogP contribution in [0.4, 0.5) is 0 Å². The second-order valence-corrected chi connectivity index (χ2v) is 12.7. The molecule has 3 rings (SSSR count). The number of benzene rings is 2. The maximum atomic E-state index is 13.2. The summed E-state index contributed by atoms with van der Waals surface area (Å²) < 4.78 is 23.0. The first-order valence-electron chi connectivity index (χ1n) is 13.1. The number of amides is 1. The fraction of sp³-hybridized carbons (Fsp3) is 0.517. The maximum Gasteiger partial charge on any atom is 1.00 e. The molecule has 1 atom stereocenters. The van der Waals surface area contributed by atoms with E-state index >= 15 is 0 Å². The number of carboxylic acid groups (broad SMARTS) is 1. The van der Waals surface area contributed by atoms with E-state index in [4.69, 9.17) is 0 Å². The second kappa shape index (κ2) is 14.9. The van der Waals surface area contributed by atoms with Gasteiger partial charge in [0, 0.05) is 18.4 Å². The second-order valence-electron chi connectivity index (χ2n) is 10.5. The van der Waals surface area contributed by atoms with Gasteiger partial charge < -0.3 is 20.1 Å². The van der Waals surface area contributed by atoms with Gasteiger partial charge in [0.25, 0.3) is 5.91 Å². The Bertz CT molecular complexity index is 1200. The van der Waals surface area contributed by atoms with Crippen LogP contribution in [0.15, 0.2) is 42.5 Å². The standard InChI is InChI=1S/C29H40N2O5S.Li/c1-21-9-7-8-12-24(21)26-19-23(20-31(2)17-15-22-10-5-4-6-11-22)13-14-25(26)28(32)30-27(29(33)34)16-18-37(3,35)36;/h7-9,12-14,19,22,27H,4-6,10-11,15-18,20H2,1-3H3,(H,30,32)(H,33,34);/q;+1/p-1/t27-;/m0./s1. The Balaban J connectivity index is 0.00000507. The van der Waals surface area contributed by atoms with Gasteiger partial charge in [-0.2, -0.15) is 0 Å². The number of sulfone groups is 1. The van der Waals surface area contributed by atoms with Crippen molar-refractivity contribution in [1.82, 2.24) is 10.2 Å². The number of hydrogen-bond donors (Lipinski definition) is 1. The number of hydrogen-bond acceptors (Lipinski definition) is 6. The molecule has 38 heavy (non-hydrogen) atoms. The van der Waals surface area contributed by atoms with Crippen LogP contribution in [0.5, 0.6) is 0 Å². The zero-order chi connectivity index (χ0) is 27.0. The van der Waals surface area contributed by atoms with Gasteiger partial charge in [0.2, 0.25) is 0 Å². The number of nitrogens with zero attached hydrogens (tertiary/aromatic N) is 1. The molecule has 0 unspecified atom stereocenters. The summed E-state index contributed by atoms with van der Waals surface area (Å²) in [5.74, 6) is -1.63. The minimum Gasteiger partial charge on any atom is -0.548 e. The molecule has 9 heteroatoms. The van der Waals surface area contributed by atoms with Crippen molar-refractivity contribution in [2.75, 3.05) is 25.6 Å². The fourth-order valence-electron chi connectivity index (χ4n) is 5.07. The molecule has 2 aromatic carbocycles. The summed E-state index contributed by atoms with van der Waals surface area (Å²) in [6, 6.07) is 12.0. The first kappa shape index (κ1) is 32.1. The molecule has 1 N–H and O–H groups in total. The Morgan fingerprint density at radius 3 is 2.39 bits per heavy atom. The van der Waals surface area contributed by atoms with E-state index in [0.29, 0.717) is 11.1 Å². The molecule has 0 bridgehead atoms. The van der Waals surface area contributed by atoms with E-state index in [2.05, 4.69) is 17.3 Å². The van der Waals surface area contributed by atoms with Crippen LogP contribution in [0.3, 0.4) is 0 Å². The van der Waals surface area contributed by atoms with Crippen LogP contribution in [0, 0.1) is 12.8 Å². The largest absolute Gasteiger partial charge is 1.00 e. The molecule has 1 amide bonds. The molecule has 1 saturated carbocycles. The molecule has 202 valence electrons. The van der Waals surface area contributed by atoms with Crippen molar-refractivity contribution < 1.29 is 42.0 Å². The maximum absolute atomic E-state index is 13.2. The van der Waals surface area contributed by atoms with Gasteiger partial charge in [0.05, 0.1) is 17.8 Å². The van der Waals surface area contributed by atoms with Gasteiger partial charge in [-0.1, -0.05) is 62.4 Å². The van der Waals surface area contributed by atoms with Crippen LogP contribution in [-0.4, -0.2) is 56.8 Å². The number of aliphatic carboxylic acids is 1. The number of nitrogens with one attached hydrogen (secondary N) is 1. The normalized spacial score (nSPS) is 15.1. The first-order valence-corrected chi connectivity index (χ1v) is 15.2. The molecule has 0 heterocycles. The number of carboxylic acids is 1. The molecule has 0 saturated heterocycles. The van der Waals surface area contributed by atoms with Crippen molar-refractivity contribution in [3.05, 3.63) is 59.2 Å². The van der Waals surface area contributed by atoms with E-state index in [1.54, 1.807) is 6.07 Å². The zero-order valence-electron chi connectivity index (χ0n) is 23.2. The van der Waals surface area contributed by atoms with E-state index in [9.17, 15) is 23.1 Å². The Morgan fingerprint density at radius 2 is 1.76 bits per heavy atom. The molecular formula is C29H39LiN2O5S. The monoisotopic (exact) mass is 534 g/mol. The third-order valence-corrected chi connectivity index (χ3v) is 8.20. The SMILES string of the molecule is Cc1ccccc1-c1cc(CN(C)CCC2CCCCC2)ccc1C(=O)N[C@@H](CCS(C)(=O)=O)C(=O)[O-].[Li+]. The van der Waals surface area contributed by atoms with E-state index < -0.39 is 27.8 Å². The van der Waals surface area contributed by atoms with Gasteiger partial charge in [0.15, 0.2) is 0 Å². The number of aryl methyl sites for hydroxylation is 1. The van der Waals surface area contributed by atoms with Gasteiger partial charge in [-0.25, -0.2) is 8.42 Å². The molecule has 0 radical (unpaired) electrons. The van der Waals surface area contributed by atoms with Crippen LogP contribution in [-0.2, 0) is 21.2 Å². The zero-order valence-corrected chi connectivity index (χ0v) is 24.0. The number of rotatable bonds is 12. The third-order valence-electron chi connectivity index (χ3n) is 7.23. The summed E-state index contributed by atoms with van der Waals surface area (Å²) in [6.45, 7) is 3.72. The summed E-state index contributed by atoms with van der Waals surface area (Å²) in [7, 11) is -1.27. The smallest absolute Gasteiger partial charge is 0.548 e. The first-order chi connectivity index (χ1) is 17.5. The van der Waals surface area contributed by atoms with Crippen LogP contribution < -0.4 is 29.3 Å². The summed E-state index contributed by atoms with van der Waals surface area (Å²) in [5.41, 5.74) is 4.00. The average Bonchev–Trinajstić information content (AvgIpc) is 2.85. The van der Waals surface area contributed by atoms with Gasteiger partial charge in [0.1, 0.15) is 9.84 Å². The van der Waals surface area contributed by atoms with E-state index in [1.165, 1.54) is 38.5 Å². The fourth-order valence-corrected chi connectivity index (χ4v) is 5.74. The van der Waals surface area contributed by atoms with Crippen LogP contribution in [0.1, 0.15) is 66.4 Å². The Kier molecular flexibility index (Phi) is 12.6. The average molecular weight is 535 g/mol. The van der Waals surface area contributed by atoms with Crippen LogP contribution in [0.25, 0.3) is 11.1 Å². The van der Waals surface area contributed by atoms with Gasteiger partial charge >= 0.3 is 18.9 Å². The van der Waals surface area contributed by atoms with E-state index in [0.717, 1.165) is 42.0 Å². The number of carbonyl (C=O) groups excluding carboxylic acids is 2. The molecule has 1 fully saturated rings. The van der Waals surface area contributed by atoms with Crippen molar-refractivity contribution in [2.45, 2.75) is 64.5 Å². The van der Waals surface area contributed by atoms with Crippen molar-refractivity contribution in [3.8, 4) is 11.1 Å². The predicted octanol–water partition coefficient (Wildman–Crippen LogP) is 0.351. The quantitative estimate of drug-likeness (QED) is 0.394. The summed E-state index contributed by atoms with van der Waals surface area (Å²) >= 11 is 0. The predicted molar refractivity (Wildman–Crippen MR) is 145 cm³/mol. The van der Waals surface area contributed by atoms with E-state index in [1.807, 2.05) is 43.3 Å². The number of carbonyl (C=O) groups is 2. The summed E-state index contributed by atoms with van der Waals surface area (Å²) in [5, 5.41) is 14.1. The molecule has 0 spiro atoms. The molecule has 7 nitrogen and oxygen atoms in total. The molecule has 0 aromatic heterocycles. The summed E-state index contributed by atoms with van der Waals surface area (Å²) in [6.07, 6.45) is 8.65. The minimum atomic E-state index is -3.39. The summed E-state index contributed by atoms with van der Waals surface area (Å²) in [4.78, 5) is 27.2. The van der Waals surface area contributed by atoms with Crippen molar-refractivity contribution in [2.24, 2.45) is 5.92 Å². The van der Waals surface area contributed by atoms with Gasteiger partial charge in [-0.15, -0.1) is 0 Å². The topological polar surface area (TPSA) is 107 Å². The Hall–Kier alpha value is -2.11. The van der Waals surface area contributed by atoms with Crippen molar-refractivity contribution >= 4 is 21.7 Å². The minimum absolute atomic E-state index is 0. The molecule has 0 aliphatic heterocycles. The van der Waals surface area contributed by atoms with Gasteiger partial charge in [-0.3, -0.25) is 4.79 Å². The van der Waals surface area contributed by atoms with Crippen molar-refractivity contribution in [3.63, 3.8) is 0 Å². The van der Waals surface area contributed by atoms with E-state index in [-0.39, 0.29) is 31.0 Å². The Morgan fingerprint density at radius 1 is 1.08 bits per heavy atom. The molecule has 2 aromatic rings. The molecular weight excluding hydrogens is 495 g/mol. The van der Waals surface area contributed by atoms with Crippen LogP contribution in [0.2, 0.25) is 0 Å². The van der Waals surface area contributed by atoms with Gasteiger partial charge in [-0.05, 0) is 73.7 Å². The molecule has 1 aliphatic rings. The van der Waals surface area contributed by atoms with Crippen LogP contribution >= 0.6 is 0 Å². The third kappa shape index (κ3) is 9.89. The van der Waals surface area contributed by atoms with Crippen molar-refractivity contribution in [1.29, 1.82) is 0 Å². The molecule has 1 aliphatic carbocycles.